The van der Waals surface area contributed by atoms with Gasteiger partial charge in [0.15, 0.2) is 5.84 Å². The van der Waals surface area contributed by atoms with Gasteiger partial charge < -0.3 is 39.5 Å². The topological polar surface area (TPSA) is 159 Å². The number of rotatable bonds is 12. The molecule has 1 aliphatic rings. The van der Waals surface area contributed by atoms with Gasteiger partial charge in [0.05, 0.1) is 39.0 Å². The normalized spacial score (nSPS) is 18.2. The predicted molar refractivity (Wildman–Crippen MR) is 123 cm³/mol. The summed E-state index contributed by atoms with van der Waals surface area (Å²) in [5, 5.41) is 13.0. The Hall–Kier alpha value is -3.64. The predicted octanol–water partition coefficient (Wildman–Crippen LogP) is 1.08. The van der Waals surface area contributed by atoms with Crippen molar-refractivity contribution in [3.8, 4) is 0 Å². The van der Waals surface area contributed by atoms with Crippen molar-refractivity contribution in [3.63, 3.8) is 0 Å². The van der Waals surface area contributed by atoms with Crippen LogP contribution in [0.1, 0.15) is 25.8 Å². The largest absolute Gasteiger partial charge is 0.463 e. The molecule has 12 nitrogen and oxygen atoms in total. The van der Waals surface area contributed by atoms with Gasteiger partial charge in [0.1, 0.15) is 12.2 Å². The Balaban J connectivity index is 2.14. The SMILES string of the molecule is CCOC(=O)/C=C(/O/N=C(\N)C1(OCCO)CCN(C(=O)OCc2ccccc2)C1)C(=O)OCC. The van der Waals surface area contributed by atoms with Gasteiger partial charge in [-0.1, -0.05) is 35.5 Å². The lowest BCUT2D eigenvalue weighted by molar-refractivity contribution is -0.144. The molecule has 0 spiro atoms. The summed E-state index contributed by atoms with van der Waals surface area (Å²) >= 11 is 0. The molecule has 0 aliphatic carbocycles. The zero-order chi connectivity index (χ0) is 25.7. The highest BCUT2D eigenvalue weighted by Gasteiger charge is 2.45. The molecule has 35 heavy (non-hydrogen) atoms. The van der Waals surface area contributed by atoms with E-state index in [1.165, 1.54) is 4.90 Å². The lowest BCUT2D eigenvalue weighted by atomic mass is 10.0. The van der Waals surface area contributed by atoms with E-state index in [1.54, 1.807) is 13.8 Å². The molecule has 3 N–H and O–H groups in total. The zero-order valence-corrected chi connectivity index (χ0v) is 19.8. The lowest BCUT2D eigenvalue weighted by Crippen LogP contribution is -2.50. The quantitative estimate of drug-likeness (QED) is 0.0820. The maximum atomic E-state index is 12.6. The molecule has 1 atom stereocenters. The number of amides is 1. The number of oxime groups is 1. The van der Waals surface area contributed by atoms with Gasteiger partial charge >= 0.3 is 18.0 Å². The van der Waals surface area contributed by atoms with Crippen LogP contribution in [-0.2, 0) is 40.0 Å². The number of aliphatic hydroxyl groups excluding tert-OH is 1. The highest BCUT2D eigenvalue weighted by Crippen LogP contribution is 2.27. The van der Waals surface area contributed by atoms with E-state index in [1.807, 2.05) is 30.3 Å². The van der Waals surface area contributed by atoms with Gasteiger partial charge in [-0.25, -0.2) is 14.4 Å². The summed E-state index contributed by atoms with van der Waals surface area (Å²) in [6, 6.07) is 9.20. The van der Waals surface area contributed by atoms with Crippen molar-refractivity contribution < 1.29 is 43.3 Å². The monoisotopic (exact) mass is 493 g/mol. The fraction of sp³-hybridized carbons (Fsp3) is 0.478. The first-order valence-corrected chi connectivity index (χ1v) is 11.1. The summed E-state index contributed by atoms with van der Waals surface area (Å²) in [6.07, 6.45) is 0.440. The van der Waals surface area contributed by atoms with Gasteiger partial charge in [0.25, 0.3) is 0 Å². The van der Waals surface area contributed by atoms with Crippen molar-refractivity contribution >= 4 is 23.9 Å². The number of esters is 2. The third-order valence-electron chi connectivity index (χ3n) is 4.89. The first kappa shape index (κ1) is 27.6. The molecule has 0 aromatic heterocycles. The molecule has 192 valence electrons. The molecule has 1 heterocycles. The number of aliphatic hydroxyl groups is 1. The first-order valence-electron chi connectivity index (χ1n) is 11.1. The highest BCUT2D eigenvalue weighted by molar-refractivity contribution is 5.95. The van der Waals surface area contributed by atoms with Crippen LogP contribution in [0.25, 0.3) is 0 Å². The molecule has 0 radical (unpaired) electrons. The van der Waals surface area contributed by atoms with Crippen molar-refractivity contribution in [3.05, 3.63) is 47.7 Å². The van der Waals surface area contributed by atoms with Crippen molar-refractivity contribution in [1.29, 1.82) is 0 Å². The Bertz CT molecular complexity index is 920. The molecular formula is C23H31N3O9. The molecule has 12 heteroatoms. The molecular weight excluding hydrogens is 462 g/mol. The van der Waals surface area contributed by atoms with Crippen molar-refractivity contribution in [2.45, 2.75) is 32.5 Å². The van der Waals surface area contributed by atoms with E-state index in [2.05, 4.69) is 5.16 Å². The van der Waals surface area contributed by atoms with E-state index < -0.39 is 29.4 Å². The summed E-state index contributed by atoms with van der Waals surface area (Å²) in [7, 11) is 0. The van der Waals surface area contributed by atoms with Crippen LogP contribution in [0.5, 0.6) is 0 Å². The fourth-order valence-corrected chi connectivity index (χ4v) is 3.19. The Morgan fingerprint density at radius 2 is 1.86 bits per heavy atom. The number of benzene rings is 1. The fourth-order valence-electron chi connectivity index (χ4n) is 3.19. The molecule has 1 unspecified atom stereocenters. The first-order chi connectivity index (χ1) is 16.8. The van der Waals surface area contributed by atoms with E-state index in [4.69, 9.17) is 29.5 Å². The van der Waals surface area contributed by atoms with Crippen LogP contribution in [0.2, 0.25) is 0 Å². The number of ether oxygens (including phenoxy) is 4. The lowest BCUT2D eigenvalue weighted by Gasteiger charge is -2.28. The maximum Gasteiger partial charge on any atom is 0.410 e. The van der Waals surface area contributed by atoms with Crippen LogP contribution in [-0.4, -0.2) is 79.0 Å². The van der Waals surface area contributed by atoms with E-state index in [0.717, 1.165) is 11.6 Å². The van der Waals surface area contributed by atoms with Gasteiger partial charge in [-0.3, -0.25) is 0 Å². The Kier molecular flexibility index (Phi) is 11.0. The molecule has 2 rings (SSSR count). The second-order valence-electron chi connectivity index (χ2n) is 7.33. The van der Waals surface area contributed by atoms with Crippen LogP contribution in [0.15, 0.2) is 47.3 Å². The van der Waals surface area contributed by atoms with Crippen LogP contribution < -0.4 is 5.73 Å². The van der Waals surface area contributed by atoms with Crippen LogP contribution in [0.4, 0.5) is 4.79 Å². The molecule has 1 fully saturated rings. The van der Waals surface area contributed by atoms with Gasteiger partial charge in [-0.05, 0) is 19.4 Å². The number of carbonyl (C=O) groups excluding carboxylic acids is 3. The molecule has 1 aromatic carbocycles. The van der Waals surface area contributed by atoms with Gasteiger partial charge in [0.2, 0.25) is 5.76 Å². The Labute approximate surface area is 203 Å². The number of hydrogen-bond donors (Lipinski definition) is 2. The highest BCUT2D eigenvalue weighted by atomic mass is 16.7. The van der Waals surface area contributed by atoms with E-state index in [-0.39, 0.29) is 58.4 Å². The van der Waals surface area contributed by atoms with Crippen molar-refractivity contribution in [2.24, 2.45) is 10.9 Å². The number of nitrogens with zero attached hydrogens (tertiary/aromatic N) is 2. The average Bonchev–Trinajstić information content (AvgIpc) is 3.30. The van der Waals surface area contributed by atoms with Crippen LogP contribution >= 0.6 is 0 Å². The number of likely N-dealkylation sites (tertiary alicyclic amines) is 1. The molecule has 1 aliphatic heterocycles. The minimum absolute atomic E-state index is 0.0321. The molecule has 0 saturated carbocycles. The Morgan fingerprint density at radius 3 is 2.51 bits per heavy atom. The standard InChI is InChI=1S/C23H31N3O9/c1-3-31-19(28)14-18(20(29)32-4-2)35-25-21(24)23(34-13-12-27)10-11-26(16-23)22(30)33-15-17-8-6-5-7-9-17/h5-9,14,27H,3-4,10-13,15-16H2,1-2H3,(H2,24,25)/b18-14+. The second kappa shape index (κ2) is 13.9. The average molecular weight is 494 g/mol. The molecule has 1 aromatic rings. The second-order valence-corrected chi connectivity index (χ2v) is 7.33. The minimum Gasteiger partial charge on any atom is -0.463 e. The van der Waals surface area contributed by atoms with E-state index in [9.17, 15) is 19.5 Å². The summed E-state index contributed by atoms with van der Waals surface area (Å²) in [6.45, 7) is 3.21. The molecule has 1 saturated heterocycles. The van der Waals surface area contributed by atoms with Gasteiger partial charge in [0, 0.05) is 13.0 Å². The number of nitrogens with two attached hydrogens (primary N) is 1. The van der Waals surface area contributed by atoms with E-state index >= 15 is 0 Å². The maximum absolute atomic E-state index is 12.6. The van der Waals surface area contributed by atoms with Crippen molar-refractivity contribution in [1.82, 2.24) is 4.90 Å². The molecule has 0 bridgehead atoms. The summed E-state index contributed by atoms with van der Waals surface area (Å²) in [5.74, 6) is -2.52. The van der Waals surface area contributed by atoms with Gasteiger partial charge in [-0.2, -0.15) is 0 Å². The van der Waals surface area contributed by atoms with E-state index in [0.29, 0.717) is 0 Å². The Morgan fingerprint density at radius 1 is 1.14 bits per heavy atom. The zero-order valence-electron chi connectivity index (χ0n) is 19.8. The molecule has 1 amide bonds. The van der Waals surface area contributed by atoms with Crippen LogP contribution in [0.3, 0.4) is 0 Å². The van der Waals surface area contributed by atoms with Crippen LogP contribution in [0, 0.1) is 0 Å². The van der Waals surface area contributed by atoms with Gasteiger partial charge in [-0.15, -0.1) is 0 Å². The number of hydrogen-bond acceptors (Lipinski definition) is 10. The smallest absolute Gasteiger partial charge is 0.410 e. The summed E-state index contributed by atoms with van der Waals surface area (Å²) in [5.41, 5.74) is 5.66. The third-order valence-corrected chi connectivity index (χ3v) is 4.89. The number of carbonyl (C=O) groups is 3. The third kappa shape index (κ3) is 8.26. The number of amidine groups is 1. The van der Waals surface area contributed by atoms with Crippen molar-refractivity contribution in [2.75, 3.05) is 39.5 Å². The minimum atomic E-state index is -1.31. The summed E-state index contributed by atoms with van der Waals surface area (Å²) < 4.78 is 20.7. The summed E-state index contributed by atoms with van der Waals surface area (Å²) in [4.78, 5) is 43.0.